The average Bonchev–Trinajstić information content (AvgIpc) is 1.58. The predicted octanol–water partition coefficient (Wildman–Crippen LogP) is 16.2. The molecule has 24 heteroatoms. The van der Waals surface area contributed by atoms with Gasteiger partial charge in [-0.05, 0) is 161 Å². The average molecular weight is 1390 g/mol. The van der Waals surface area contributed by atoms with Gasteiger partial charge < -0.3 is 27.3 Å². The first-order valence-corrected chi connectivity index (χ1v) is 35.7. The number of aromatic nitrogens is 4. The van der Waals surface area contributed by atoms with E-state index in [0.717, 1.165) is 73.2 Å². The molecule has 98 heavy (non-hydrogen) atoms. The third kappa shape index (κ3) is 12.0. The van der Waals surface area contributed by atoms with Crippen LogP contribution in [-0.2, 0) is 55.3 Å². The van der Waals surface area contributed by atoms with Crippen LogP contribution in [0, 0.1) is 23.3 Å². The number of nitrogens with zero attached hydrogens (tertiary/aromatic N) is 6. The lowest BCUT2D eigenvalue weighted by molar-refractivity contribution is 0.00578. The van der Waals surface area contributed by atoms with Gasteiger partial charge in [-0.1, -0.05) is 37.6 Å². The summed E-state index contributed by atoms with van der Waals surface area (Å²) in [5, 5.41) is 2.66. The van der Waals surface area contributed by atoms with Gasteiger partial charge in [-0.15, -0.1) is 0 Å². The van der Waals surface area contributed by atoms with E-state index in [4.69, 9.17) is 34.7 Å². The molecule has 502 valence electrons. The molecule has 15 rings (SSSR count). The first-order chi connectivity index (χ1) is 46.4. The Kier molecular flexibility index (Phi) is 17.3. The van der Waals surface area contributed by atoms with Gasteiger partial charge in [0.15, 0.2) is 11.6 Å². The summed E-state index contributed by atoms with van der Waals surface area (Å²) in [5.41, 5.74) is 10.8. The quantitative estimate of drug-likeness (QED) is 0.0488. The lowest BCUT2D eigenvalue weighted by Crippen LogP contribution is -2.41. The number of sulfonamides is 2. The topological polar surface area (TPSA) is 189 Å². The summed E-state index contributed by atoms with van der Waals surface area (Å²) < 4.78 is 138. The summed E-state index contributed by atoms with van der Waals surface area (Å²) in [6.07, 6.45) is 7.80. The molecule has 6 aromatic carbocycles. The van der Waals surface area contributed by atoms with E-state index < -0.39 is 50.0 Å². The smallest absolute Gasteiger partial charge is 0.455 e. The van der Waals surface area contributed by atoms with Gasteiger partial charge in [0, 0.05) is 131 Å². The minimum Gasteiger partial charge on any atom is -0.455 e. The van der Waals surface area contributed by atoms with E-state index in [-0.39, 0.29) is 41.8 Å². The van der Waals surface area contributed by atoms with Crippen molar-refractivity contribution in [1.82, 2.24) is 19.1 Å². The van der Waals surface area contributed by atoms with Gasteiger partial charge in [0.05, 0.1) is 62.9 Å². The molecule has 3 aliphatic heterocycles. The summed E-state index contributed by atoms with van der Waals surface area (Å²) in [6.45, 7) is 12.6. The molecule has 0 N–H and O–H groups in total. The first-order valence-electron chi connectivity index (χ1n) is 31.7. The number of rotatable bonds is 12. The van der Waals surface area contributed by atoms with Crippen LogP contribution >= 0.6 is 11.6 Å². The van der Waals surface area contributed by atoms with E-state index in [9.17, 15) is 44.0 Å². The Labute approximate surface area is 568 Å². The molecule has 0 saturated carbocycles. The highest BCUT2D eigenvalue weighted by molar-refractivity contribution is 7.92. The highest BCUT2D eigenvalue weighted by atomic mass is 35.5. The van der Waals surface area contributed by atoms with Gasteiger partial charge in [-0.3, -0.25) is 23.2 Å². The summed E-state index contributed by atoms with van der Waals surface area (Å²) >= 11 is 5.98. The molecular weight excluding hydrogens is 1320 g/mol. The van der Waals surface area contributed by atoms with Gasteiger partial charge in [0.2, 0.25) is 20.0 Å². The van der Waals surface area contributed by atoms with E-state index in [1.54, 1.807) is 56.4 Å². The number of aryl methyl sites for hydroxylation is 4. The SMILES string of the molecule is CCC(=O)c1c(-c2ccc(F)cc2)oc2cc(N(C)S(C)(=O)=O)c(-c3cc4c(cn3)CCn3c-4cc4c(F)cccc43)cc12.CCC(=O)c1c(-c2ccc(F)cc2)oc2cc(N(C)S(C)(=O)=O)c(B3OC(C)(C)C(C)(C)O3)cc12.Fc1cccc2c1cc1n2CCc2cnc(Cl)cc2-1. The lowest BCUT2D eigenvalue weighted by Gasteiger charge is -2.32. The van der Waals surface area contributed by atoms with Crippen molar-refractivity contribution in [3.05, 3.63) is 197 Å². The van der Waals surface area contributed by atoms with Crippen LogP contribution in [0.15, 0.2) is 155 Å². The van der Waals surface area contributed by atoms with E-state index in [0.29, 0.717) is 107 Å². The molecule has 1 fully saturated rings. The Balaban J connectivity index is 0.000000142. The van der Waals surface area contributed by atoms with Gasteiger partial charge >= 0.3 is 7.12 Å². The fraction of sp³-hybridized carbons (Fsp3) is 0.243. The number of halogens is 5. The number of hydrogen-bond donors (Lipinski definition) is 0. The second-order valence-corrected chi connectivity index (χ2v) is 30.0. The zero-order valence-electron chi connectivity index (χ0n) is 55.1. The first kappa shape index (κ1) is 67.2. The summed E-state index contributed by atoms with van der Waals surface area (Å²) in [6, 6.07) is 35.7. The fourth-order valence-corrected chi connectivity index (χ4v) is 14.1. The maximum absolute atomic E-state index is 14.7. The van der Waals surface area contributed by atoms with E-state index in [1.165, 1.54) is 80.3 Å². The molecule has 0 unspecified atom stereocenters. The molecule has 12 aromatic rings. The molecule has 16 nitrogen and oxygen atoms in total. The standard InChI is InChI=1S/C34H27F2N3O4S.C25H29BFNO6S.C15H10ClFN2/c1-4-31(40)33-25-14-24(29(38(2)44(3,41)42)17-32(25)43-34(33)19-8-10-21(35)11-9-19)27-15-22-20(18-37-27)12-13-39-28-7-5-6-26(36)23(28)16-30(22)39;1-8-20(29)22-17-13-18(26-33-24(2,3)25(4,5)34-26)19(28(6)35(7,30)31)14-21(17)32-23(22)15-9-11-16(27)12-10-15;16-15-7-10-9(8-18-15)4-5-19-13-3-1-2-12(17)11(13)6-14(10)19/h5-11,14-18H,4,12-13H2,1-3H3;9-14H,8H2,1-7H3;1-3,6-8H,4-5H2. The minimum absolute atomic E-state index is 0.160. The molecule has 0 spiro atoms. The van der Waals surface area contributed by atoms with Crippen molar-refractivity contribution >= 4 is 111 Å². The van der Waals surface area contributed by atoms with Crippen molar-refractivity contribution in [2.24, 2.45) is 0 Å². The number of benzene rings is 6. The largest absolute Gasteiger partial charge is 0.497 e. The molecule has 0 radical (unpaired) electrons. The maximum Gasteiger partial charge on any atom is 0.497 e. The van der Waals surface area contributed by atoms with Crippen molar-refractivity contribution < 1.29 is 62.1 Å². The zero-order valence-corrected chi connectivity index (χ0v) is 57.5. The number of anilines is 2. The van der Waals surface area contributed by atoms with Gasteiger partial charge in [0.25, 0.3) is 0 Å². The number of carbonyl (C=O) groups excluding carboxylic acids is 2. The second-order valence-electron chi connectivity index (χ2n) is 25.6. The van der Waals surface area contributed by atoms with Crippen LogP contribution in [0.2, 0.25) is 5.15 Å². The maximum atomic E-state index is 14.7. The third-order valence-electron chi connectivity index (χ3n) is 19.0. The molecule has 0 aliphatic carbocycles. The Morgan fingerprint density at radius 2 is 1.00 bits per heavy atom. The lowest BCUT2D eigenvalue weighted by atomic mass is 9.76. The van der Waals surface area contributed by atoms with Crippen LogP contribution in [0.4, 0.5) is 28.9 Å². The van der Waals surface area contributed by atoms with E-state index in [1.807, 2.05) is 70.3 Å². The predicted molar refractivity (Wildman–Crippen MR) is 376 cm³/mol. The number of carbonyl (C=O) groups is 2. The normalized spacial score (nSPS) is 14.5. The number of furan rings is 2. The molecule has 6 aromatic heterocycles. The van der Waals surface area contributed by atoms with Crippen LogP contribution in [0.3, 0.4) is 0 Å². The van der Waals surface area contributed by atoms with E-state index in [2.05, 4.69) is 14.1 Å². The highest BCUT2D eigenvalue weighted by Crippen LogP contribution is 2.46. The van der Waals surface area contributed by atoms with Gasteiger partial charge in [-0.25, -0.2) is 39.4 Å². The number of hydrogen-bond acceptors (Lipinski definition) is 12. The third-order valence-corrected chi connectivity index (χ3v) is 21.6. The second kappa shape index (κ2) is 25.2. The van der Waals surface area contributed by atoms with Crippen LogP contribution in [-0.4, -0.2) is 92.4 Å². The molecule has 9 heterocycles. The van der Waals surface area contributed by atoms with Gasteiger partial charge in [0.1, 0.15) is 51.1 Å². The number of fused-ring (bicyclic) bond motifs is 12. The van der Waals surface area contributed by atoms with Crippen LogP contribution in [0.5, 0.6) is 0 Å². The molecular formula is C74H66BClF4N6O10S2. The Bertz CT molecular complexity index is 5480. The summed E-state index contributed by atoms with van der Waals surface area (Å²) in [7, 11) is -5.35. The van der Waals surface area contributed by atoms with Crippen LogP contribution in [0.1, 0.15) is 86.2 Å². The Morgan fingerprint density at radius 1 is 0.561 bits per heavy atom. The minimum atomic E-state index is -3.71. The highest BCUT2D eigenvalue weighted by Gasteiger charge is 2.53. The number of ketones is 2. The molecule has 0 bridgehead atoms. The van der Waals surface area contributed by atoms with Crippen LogP contribution < -0.4 is 14.1 Å². The van der Waals surface area contributed by atoms with E-state index >= 15 is 0 Å². The molecule has 3 aliphatic rings. The van der Waals surface area contributed by atoms with Crippen molar-refractivity contribution in [3.8, 4) is 56.4 Å². The van der Waals surface area contributed by atoms with Crippen molar-refractivity contribution in [2.75, 3.05) is 35.2 Å². The molecule has 0 amide bonds. The number of pyridine rings is 2. The van der Waals surface area contributed by atoms with Crippen molar-refractivity contribution in [2.45, 2.75) is 91.5 Å². The van der Waals surface area contributed by atoms with Crippen molar-refractivity contribution in [1.29, 1.82) is 0 Å². The van der Waals surface area contributed by atoms with Crippen molar-refractivity contribution in [3.63, 3.8) is 0 Å². The Hall–Kier alpha value is -9.39. The summed E-state index contributed by atoms with van der Waals surface area (Å²) in [4.78, 5) is 35.3. The monoisotopic (exact) mass is 1380 g/mol. The molecule has 0 atom stereocenters. The van der Waals surface area contributed by atoms with Gasteiger partial charge in [-0.2, -0.15) is 0 Å². The summed E-state index contributed by atoms with van der Waals surface area (Å²) in [5.74, 6) is -1.07. The van der Waals surface area contributed by atoms with Crippen LogP contribution in [0.25, 0.3) is 100 Å². The molecule has 1 saturated heterocycles. The fourth-order valence-electron chi connectivity index (χ4n) is 12.9. The Morgan fingerprint density at radius 3 is 1.47 bits per heavy atom. The number of Topliss-reactive ketones (excluding diaryl/α,β-unsaturated/α-hetero) is 2. The zero-order chi connectivity index (χ0) is 69.8.